The lowest BCUT2D eigenvalue weighted by atomic mass is 10.2. The molecule has 2 rings (SSSR count). The van der Waals surface area contributed by atoms with E-state index in [1.807, 2.05) is 7.05 Å². The van der Waals surface area contributed by atoms with Crippen molar-refractivity contribution in [1.29, 1.82) is 0 Å². The number of aromatic nitrogens is 2. The van der Waals surface area contributed by atoms with E-state index in [0.717, 1.165) is 6.54 Å². The molecule has 0 spiro atoms. The van der Waals surface area contributed by atoms with Crippen molar-refractivity contribution < 1.29 is 8.91 Å². The van der Waals surface area contributed by atoms with Crippen molar-refractivity contribution in [3.63, 3.8) is 0 Å². The Morgan fingerprint density at radius 2 is 2.44 bits per heavy atom. The van der Waals surface area contributed by atoms with Crippen LogP contribution in [0.4, 0.5) is 4.39 Å². The van der Waals surface area contributed by atoms with Crippen molar-refractivity contribution >= 4 is 0 Å². The van der Waals surface area contributed by atoms with E-state index >= 15 is 0 Å². The first-order valence-electron chi connectivity index (χ1n) is 5.51. The van der Waals surface area contributed by atoms with E-state index < -0.39 is 6.17 Å². The Balaban J connectivity index is 1.97. The monoisotopic (exact) mass is 228 g/mol. The third kappa shape index (κ3) is 2.56. The summed E-state index contributed by atoms with van der Waals surface area (Å²) in [5, 5.41) is 6.91. The highest BCUT2D eigenvalue weighted by Gasteiger charge is 2.32. The topological polar surface area (TPSA) is 54.2 Å². The molecule has 2 heterocycles. The van der Waals surface area contributed by atoms with Crippen molar-refractivity contribution in [2.24, 2.45) is 0 Å². The molecule has 0 saturated carbocycles. The Labute approximate surface area is 94.0 Å². The van der Waals surface area contributed by atoms with E-state index in [1.54, 1.807) is 6.92 Å². The number of hydrogen-bond acceptors (Lipinski definition) is 5. The number of likely N-dealkylation sites (tertiary alicyclic amines) is 1. The molecule has 0 amide bonds. The summed E-state index contributed by atoms with van der Waals surface area (Å²) < 4.78 is 18.2. The predicted molar refractivity (Wildman–Crippen MR) is 56.7 cm³/mol. The number of rotatable bonds is 4. The van der Waals surface area contributed by atoms with Gasteiger partial charge in [0.15, 0.2) is 5.82 Å². The average molecular weight is 228 g/mol. The van der Waals surface area contributed by atoms with Gasteiger partial charge < -0.3 is 9.84 Å². The molecule has 0 radical (unpaired) electrons. The summed E-state index contributed by atoms with van der Waals surface area (Å²) in [6, 6.07) is 0.221. The standard InChI is InChI=1S/C10H17FN4O/c1-7-13-10(14-16-7)6-15-5-8(11)3-9(15)4-12-2/h8-9,12H,3-6H2,1-2H3. The summed E-state index contributed by atoms with van der Waals surface area (Å²) in [4.78, 5) is 6.19. The molecule has 1 saturated heterocycles. The van der Waals surface area contributed by atoms with Gasteiger partial charge in [0.1, 0.15) is 6.17 Å². The SMILES string of the molecule is CNCC1CC(F)CN1Cc1noc(C)n1. The maximum atomic E-state index is 13.3. The van der Waals surface area contributed by atoms with Gasteiger partial charge in [-0.1, -0.05) is 5.16 Å². The van der Waals surface area contributed by atoms with E-state index in [-0.39, 0.29) is 6.04 Å². The van der Waals surface area contributed by atoms with Crippen molar-refractivity contribution in [2.75, 3.05) is 20.1 Å². The molecular weight excluding hydrogens is 211 g/mol. The molecule has 1 aromatic rings. The molecule has 0 aliphatic carbocycles. The van der Waals surface area contributed by atoms with E-state index in [1.165, 1.54) is 0 Å². The molecule has 5 nitrogen and oxygen atoms in total. The van der Waals surface area contributed by atoms with Crippen molar-refractivity contribution in [3.8, 4) is 0 Å². The highest BCUT2D eigenvalue weighted by molar-refractivity contribution is 4.91. The van der Waals surface area contributed by atoms with Crippen LogP contribution in [0, 0.1) is 6.92 Å². The van der Waals surface area contributed by atoms with Crippen LogP contribution in [0.5, 0.6) is 0 Å². The molecular formula is C10H17FN4O. The molecule has 1 aliphatic rings. The maximum absolute atomic E-state index is 13.3. The van der Waals surface area contributed by atoms with Crippen LogP contribution < -0.4 is 5.32 Å². The first-order chi connectivity index (χ1) is 7.69. The lowest BCUT2D eigenvalue weighted by Crippen LogP contribution is -2.36. The fourth-order valence-electron chi connectivity index (χ4n) is 2.15. The third-order valence-electron chi connectivity index (χ3n) is 2.83. The van der Waals surface area contributed by atoms with Gasteiger partial charge in [0.25, 0.3) is 0 Å². The van der Waals surface area contributed by atoms with E-state index in [0.29, 0.717) is 31.2 Å². The smallest absolute Gasteiger partial charge is 0.223 e. The summed E-state index contributed by atoms with van der Waals surface area (Å²) in [5.74, 6) is 1.18. The molecule has 0 aromatic carbocycles. The van der Waals surface area contributed by atoms with Crippen molar-refractivity contribution in [1.82, 2.24) is 20.4 Å². The number of halogens is 1. The summed E-state index contributed by atoms with van der Waals surface area (Å²) in [6.45, 7) is 3.56. The molecule has 0 bridgehead atoms. The summed E-state index contributed by atoms with van der Waals surface area (Å²) in [7, 11) is 1.88. The van der Waals surface area contributed by atoms with Gasteiger partial charge in [0.05, 0.1) is 6.54 Å². The van der Waals surface area contributed by atoms with Gasteiger partial charge in [-0.15, -0.1) is 0 Å². The number of hydrogen-bond donors (Lipinski definition) is 1. The van der Waals surface area contributed by atoms with Crippen LogP contribution in [0.25, 0.3) is 0 Å². The molecule has 2 atom stereocenters. The minimum absolute atomic E-state index is 0.221. The van der Waals surface area contributed by atoms with Gasteiger partial charge in [-0.05, 0) is 13.5 Å². The zero-order chi connectivity index (χ0) is 11.5. The predicted octanol–water partition coefficient (Wildman–Crippen LogP) is 0.510. The highest BCUT2D eigenvalue weighted by atomic mass is 19.1. The van der Waals surface area contributed by atoms with Gasteiger partial charge >= 0.3 is 0 Å². The molecule has 16 heavy (non-hydrogen) atoms. The zero-order valence-corrected chi connectivity index (χ0v) is 9.61. The number of likely N-dealkylation sites (N-methyl/N-ethyl adjacent to an activating group) is 1. The molecule has 1 aliphatic heterocycles. The lowest BCUT2D eigenvalue weighted by Gasteiger charge is -2.21. The largest absolute Gasteiger partial charge is 0.340 e. The van der Waals surface area contributed by atoms with E-state index in [2.05, 4.69) is 20.4 Å². The van der Waals surface area contributed by atoms with E-state index in [4.69, 9.17) is 4.52 Å². The molecule has 6 heteroatoms. The first-order valence-corrected chi connectivity index (χ1v) is 5.51. The Bertz CT molecular complexity index is 343. The first kappa shape index (κ1) is 11.5. The Morgan fingerprint density at radius 3 is 3.06 bits per heavy atom. The molecule has 1 aromatic heterocycles. The quantitative estimate of drug-likeness (QED) is 0.813. The lowest BCUT2D eigenvalue weighted by molar-refractivity contribution is 0.224. The normalized spacial score (nSPS) is 26.4. The van der Waals surface area contributed by atoms with Crippen LogP contribution in [0.15, 0.2) is 4.52 Å². The molecule has 2 unspecified atom stereocenters. The van der Waals surface area contributed by atoms with Crippen LogP contribution >= 0.6 is 0 Å². The fraction of sp³-hybridized carbons (Fsp3) is 0.800. The van der Waals surface area contributed by atoms with Crippen LogP contribution in [0.1, 0.15) is 18.1 Å². The van der Waals surface area contributed by atoms with Crippen LogP contribution in [-0.2, 0) is 6.54 Å². The Morgan fingerprint density at radius 1 is 1.62 bits per heavy atom. The van der Waals surface area contributed by atoms with Crippen LogP contribution in [0.3, 0.4) is 0 Å². The second-order valence-corrected chi connectivity index (χ2v) is 4.20. The highest BCUT2D eigenvalue weighted by Crippen LogP contribution is 2.21. The average Bonchev–Trinajstić information content (AvgIpc) is 2.76. The summed E-state index contributed by atoms with van der Waals surface area (Å²) in [6.07, 6.45) is -0.163. The number of aryl methyl sites for hydroxylation is 1. The second kappa shape index (κ2) is 4.88. The summed E-state index contributed by atoms with van der Waals surface area (Å²) in [5.41, 5.74) is 0. The van der Waals surface area contributed by atoms with Gasteiger partial charge in [-0.25, -0.2) is 4.39 Å². The third-order valence-corrected chi connectivity index (χ3v) is 2.83. The van der Waals surface area contributed by atoms with Crippen molar-refractivity contribution in [3.05, 3.63) is 11.7 Å². The van der Waals surface area contributed by atoms with Gasteiger partial charge in [-0.3, -0.25) is 4.90 Å². The summed E-state index contributed by atoms with van der Waals surface area (Å²) >= 11 is 0. The fourth-order valence-corrected chi connectivity index (χ4v) is 2.15. The maximum Gasteiger partial charge on any atom is 0.223 e. The number of nitrogens with zero attached hydrogens (tertiary/aromatic N) is 3. The Kier molecular flexibility index (Phi) is 3.50. The second-order valence-electron chi connectivity index (χ2n) is 4.20. The zero-order valence-electron chi connectivity index (χ0n) is 9.61. The number of alkyl halides is 1. The molecule has 1 fully saturated rings. The minimum atomic E-state index is -0.744. The van der Waals surface area contributed by atoms with Gasteiger partial charge in [0, 0.05) is 26.1 Å². The number of nitrogens with one attached hydrogen (secondary N) is 1. The van der Waals surface area contributed by atoms with Crippen LogP contribution in [-0.4, -0.2) is 47.4 Å². The van der Waals surface area contributed by atoms with Crippen molar-refractivity contribution in [2.45, 2.75) is 32.1 Å². The Hall–Kier alpha value is -1.01. The van der Waals surface area contributed by atoms with E-state index in [9.17, 15) is 4.39 Å². The minimum Gasteiger partial charge on any atom is -0.340 e. The molecule has 90 valence electrons. The molecule has 1 N–H and O–H groups in total. The van der Waals surface area contributed by atoms with Crippen LogP contribution in [0.2, 0.25) is 0 Å². The van der Waals surface area contributed by atoms with Gasteiger partial charge in [-0.2, -0.15) is 4.98 Å². The van der Waals surface area contributed by atoms with Gasteiger partial charge in [0.2, 0.25) is 5.89 Å².